The number of ether oxygens (including phenoxy) is 2. The molecule has 0 radical (unpaired) electrons. The van der Waals surface area contributed by atoms with E-state index in [0.717, 1.165) is 5.56 Å². The maximum Gasteiger partial charge on any atom is 0.282 e. The number of hydrogen-bond donors (Lipinski definition) is 1. The summed E-state index contributed by atoms with van der Waals surface area (Å²) in [4.78, 5) is 28.3. The van der Waals surface area contributed by atoms with Gasteiger partial charge in [-0.2, -0.15) is 0 Å². The molecular weight excluding hydrogens is 416 g/mol. The van der Waals surface area contributed by atoms with Gasteiger partial charge < -0.3 is 14.8 Å². The molecule has 1 N–H and O–H groups in total. The van der Waals surface area contributed by atoms with Crippen molar-refractivity contribution in [2.75, 3.05) is 17.3 Å². The fourth-order valence-corrected chi connectivity index (χ4v) is 3.70. The second-order valence-electron chi connectivity index (χ2n) is 8.05. The zero-order valence-electron chi connectivity index (χ0n) is 19.1. The van der Waals surface area contributed by atoms with Gasteiger partial charge in [-0.05, 0) is 62.7 Å². The van der Waals surface area contributed by atoms with Crippen LogP contribution in [0.3, 0.4) is 0 Å². The number of rotatable bonds is 7. The van der Waals surface area contributed by atoms with Crippen molar-refractivity contribution in [2.24, 2.45) is 0 Å². The lowest BCUT2D eigenvalue weighted by Crippen LogP contribution is -2.32. The van der Waals surface area contributed by atoms with Crippen molar-refractivity contribution in [1.82, 2.24) is 0 Å². The third-order valence-electron chi connectivity index (χ3n) is 5.26. The number of nitrogens with one attached hydrogen (secondary N) is 1. The second-order valence-corrected chi connectivity index (χ2v) is 8.05. The van der Waals surface area contributed by atoms with Crippen LogP contribution in [-0.2, 0) is 9.59 Å². The number of carbonyl (C=O) groups excluding carboxylic acids is 2. The zero-order valence-corrected chi connectivity index (χ0v) is 19.1. The predicted octanol–water partition coefficient (Wildman–Crippen LogP) is 5.19. The minimum absolute atomic E-state index is 0.0253. The lowest BCUT2D eigenvalue weighted by Gasteiger charge is -2.17. The summed E-state index contributed by atoms with van der Waals surface area (Å²) in [5, 5.41) is 3.16. The van der Waals surface area contributed by atoms with Crippen LogP contribution < -0.4 is 19.7 Å². The molecule has 0 bridgehead atoms. The maximum atomic E-state index is 13.6. The van der Waals surface area contributed by atoms with E-state index in [9.17, 15) is 9.59 Å². The highest BCUT2D eigenvalue weighted by molar-refractivity contribution is 6.46. The van der Waals surface area contributed by atoms with E-state index in [1.165, 1.54) is 4.90 Å². The Morgan fingerprint density at radius 3 is 2.15 bits per heavy atom. The Labute approximate surface area is 193 Å². The van der Waals surface area contributed by atoms with Crippen molar-refractivity contribution in [3.05, 3.63) is 89.6 Å². The Morgan fingerprint density at radius 1 is 0.848 bits per heavy atom. The molecule has 3 aromatic carbocycles. The molecule has 3 aromatic rings. The van der Waals surface area contributed by atoms with Crippen molar-refractivity contribution in [2.45, 2.75) is 26.9 Å². The average molecular weight is 443 g/mol. The molecule has 0 saturated heterocycles. The summed E-state index contributed by atoms with van der Waals surface area (Å²) < 4.78 is 11.1. The molecule has 6 nitrogen and oxygen atoms in total. The number of carbonyl (C=O) groups is 2. The number of benzene rings is 3. The largest absolute Gasteiger partial charge is 0.495 e. The maximum absolute atomic E-state index is 13.6. The van der Waals surface area contributed by atoms with Gasteiger partial charge in [0.1, 0.15) is 17.2 Å². The second kappa shape index (κ2) is 9.20. The van der Waals surface area contributed by atoms with Gasteiger partial charge in [0.25, 0.3) is 11.8 Å². The van der Waals surface area contributed by atoms with Crippen LogP contribution in [0.15, 0.2) is 78.5 Å². The predicted molar refractivity (Wildman–Crippen MR) is 129 cm³/mol. The van der Waals surface area contributed by atoms with Crippen molar-refractivity contribution in [3.8, 4) is 11.5 Å². The third kappa shape index (κ3) is 4.46. The first kappa shape index (κ1) is 22.1. The van der Waals surface area contributed by atoms with Gasteiger partial charge >= 0.3 is 0 Å². The molecule has 33 heavy (non-hydrogen) atoms. The number of aryl methyl sites for hydroxylation is 1. The molecule has 6 heteroatoms. The summed E-state index contributed by atoms with van der Waals surface area (Å²) in [7, 11) is 1.56. The highest BCUT2D eigenvalue weighted by Gasteiger charge is 2.40. The van der Waals surface area contributed by atoms with Crippen molar-refractivity contribution in [3.63, 3.8) is 0 Å². The van der Waals surface area contributed by atoms with Crippen LogP contribution in [0.4, 0.5) is 11.4 Å². The highest BCUT2D eigenvalue weighted by atomic mass is 16.5. The number of hydrogen-bond acceptors (Lipinski definition) is 5. The minimum atomic E-state index is -0.431. The smallest absolute Gasteiger partial charge is 0.282 e. The van der Waals surface area contributed by atoms with Gasteiger partial charge in [0, 0.05) is 0 Å². The first-order valence-corrected chi connectivity index (χ1v) is 10.8. The first-order valence-electron chi connectivity index (χ1n) is 10.8. The Hall–Kier alpha value is -4.06. The molecule has 0 unspecified atom stereocenters. The van der Waals surface area contributed by atoms with E-state index < -0.39 is 11.8 Å². The van der Waals surface area contributed by atoms with Gasteiger partial charge in [-0.1, -0.05) is 42.0 Å². The highest BCUT2D eigenvalue weighted by Crippen LogP contribution is 2.36. The molecule has 2 amide bonds. The Kier molecular flexibility index (Phi) is 6.18. The fraction of sp³-hybridized carbons (Fsp3) is 0.185. The van der Waals surface area contributed by atoms with E-state index in [1.54, 1.807) is 43.5 Å². The standard InChI is InChI=1S/C27H26N2O4/c1-17(2)33-21-15-13-20(14-16-21)29-26(30)24(19-11-9-18(3)10-12-19)25(27(29)31)28-22-7-5-6-8-23(22)32-4/h5-17,28H,1-4H3. The van der Waals surface area contributed by atoms with Crippen molar-refractivity contribution in [1.29, 1.82) is 0 Å². The summed E-state index contributed by atoms with van der Waals surface area (Å²) in [5.41, 5.74) is 3.32. The van der Waals surface area contributed by atoms with E-state index in [1.807, 2.05) is 57.2 Å². The molecule has 1 aliphatic heterocycles. The normalized spacial score (nSPS) is 13.7. The van der Waals surface area contributed by atoms with Gasteiger partial charge in [-0.15, -0.1) is 0 Å². The van der Waals surface area contributed by atoms with Crippen LogP contribution in [0, 0.1) is 6.92 Å². The van der Waals surface area contributed by atoms with E-state index >= 15 is 0 Å². The number of imide groups is 1. The van der Waals surface area contributed by atoms with Gasteiger partial charge in [-0.25, -0.2) is 4.90 Å². The number of nitrogens with zero attached hydrogens (tertiary/aromatic N) is 1. The molecule has 0 aromatic heterocycles. The molecule has 4 rings (SSSR count). The molecule has 0 fully saturated rings. The molecule has 0 aliphatic carbocycles. The molecule has 1 aliphatic rings. The topological polar surface area (TPSA) is 67.9 Å². The van der Waals surface area contributed by atoms with Crippen molar-refractivity contribution >= 4 is 28.8 Å². The van der Waals surface area contributed by atoms with Crippen LogP contribution >= 0.6 is 0 Å². The molecular formula is C27H26N2O4. The van der Waals surface area contributed by atoms with Gasteiger partial charge in [0.15, 0.2) is 0 Å². The number of para-hydroxylation sites is 2. The van der Waals surface area contributed by atoms with Crippen LogP contribution in [0.5, 0.6) is 11.5 Å². The van der Waals surface area contributed by atoms with Crippen LogP contribution in [0.1, 0.15) is 25.0 Å². The summed E-state index contributed by atoms with van der Waals surface area (Å²) in [5.74, 6) is 0.423. The minimum Gasteiger partial charge on any atom is -0.495 e. The van der Waals surface area contributed by atoms with Crippen molar-refractivity contribution < 1.29 is 19.1 Å². The molecule has 0 atom stereocenters. The quantitative estimate of drug-likeness (QED) is 0.510. The summed E-state index contributed by atoms with van der Waals surface area (Å²) in [6, 6.07) is 21.8. The Balaban J connectivity index is 1.76. The molecule has 168 valence electrons. The zero-order chi connectivity index (χ0) is 23.5. The summed E-state index contributed by atoms with van der Waals surface area (Å²) in [6.45, 7) is 5.85. The Morgan fingerprint density at radius 2 is 1.52 bits per heavy atom. The van der Waals surface area contributed by atoms with E-state index in [2.05, 4.69) is 5.32 Å². The van der Waals surface area contributed by atoms with Crippen LogP contribution in [0.25, 0.3) is 5.57 Å². The number of methoxy groups -OCH3 is 1. The number of anilines is 2. The van der Waals surface area contributed by atoms with E-state index in [0.29, 0.717) is 34.0 Å². The van der Waals surface area contributed by atoms with Gasteiger partial charge in [-0.3, -0.25) is 9.59 Å². The average Bonchev–Trinajstić information content (AvgIpc) is 3.04. The summed E-state index contributed by atoms with van der Waals surface area (Å²) >= 11 is 0. The molecule has 1 heterocycles. The lowest BCUT2D eigenvalue weighted by atomic mass is 10.0. The SMILES string of the molecule is COc1ccccc1NC1=C(c2ccc(C)cc2)C(=O)N(c2ccc(OC(C)C)cc2)C1=O. The molecule has 0 saturated carbocycles. The van der Waals surface area contributed by atoms with Gasteiger partial charge in [0.2, 0.25) is 0 Å². The number of amides is 2. The molecule has 0 spiro atoms. The van der Waals surface area contributed by atoms with E-state index in [4.69, 9.17) is 9.47 Å². The fourth-order valence-electron chi connectivity index (χ4n) is 3.70. The third-order valence-corrected chi connectivity index (χ3v) is 5.26. The summed E-state index contributed by atoms with van der Waals surface area (Å²) in [6.07, 6.45) is 0.0253. The van der Waals surface area contributed by atoms with Crippen LogP contribution in [0.2, 0.25) is 0 Å². The van der Waals surface area contributed by atoms with E-state index in [-0.39, 0.29) is 11.8 Å². The lowest BCUT2D eigenvalue weighted by molar-refractivity contribution is -0.120. The van der Waals surface area contributed by atoms with Gasteiger partial charge in [0.05, 0.1) is 30.2 Å². The Bertz CT molecular complexity index is 1210. The monoisotopic (exact) mass is 442 g/mol. The van der Waals surface area contributed by atoms with Crippen LogP contribution in [-0.4, -0.2) is 25.0 Å². The first-order chi connectivity index (χ1) is 15.9.